The maximum atomic E-state index is 12.4. The molecule has 1 aromatic carbocycles. The number of benzene rings is 1. The third-order valence-electron chi connectivity index (χ3n) is 4.07. The summed E-state index contributed by atoms with van der Waals surface area (Å²) in [6.45, 7) is 6.50. The molecule has 0 saturated carbocycles. The van der Waals surface area contributed by atoms with E-state index in [1.54, 1.807) is 4.90 Å². The fourth-order valence-corrected chi connectivity index (χ4v) is 3.29. The number of halogens is 1. The van der Waals surface area contributed by atoms with Crippen molar-refractivity contribution in [3.8, 4) is 0 Å². The van der Waals surface area contributed by atoms with Crippen LogP contribution in [0.5, 0.6) is 0 Å². The Kier molecular flexibility index (Phi) is 6.11. The van der Waals surface area contributed by atoms with E-state index < -0.39 is 5.60 Å². The summed E-state index contributed by atoms with van der Waals surface area (Å²) >= 11 is 2.25. The summed E-state index contributed by atoms with van der Waals surface area (Å²) in [6, 6.07) is 8.05. The van der Waals surface area contributed by atoms with Gasteiger partial charge in [-0.1, -0.05) is 12.1 Å². The minimum Gasteiger partial charge on any atom is -0.469 e. The van der Waals surface area contributed by atoms with Crippen molar-refractivity contribution in [2.75, 3.05) is 20.2 Å². The average Bonchev–Trinajstić information content (AvgIpc) is 2.52. The lowest BCUT2D eigenvalue weighted by Gasteiger charge is -2.38. The highest BCUT2D eigenvalue weighted by Crippen LogP contribution is 2.34. The zero-order chi connectivity index (χ0) is 17.9. The number of carbonyl (C=O) groups is 2. The fraction of sp³-hybridized carbons (Fsp3) is 0.556. The van der Waals surface area contributed by atoms with E-state index in [0.29, 0.717) is 19.5 Å². The molecule has 0 radical (unpaired) electrons. The van der Waals surface area contributed by atoms with E-state index in [4.69, 9.17) is 9.47 Å². The number of ether oxygens (including phenoxy) is 2. The van der Waals surface area contributed by atoms with Gasteiger partial charge in [0.25, 0.3) is 0 Å². The highest BCUT2D eigenvalue weighted by molar-refractivity contribution is 14.1. The van der Waals surface area contributed by atoms with Gasteiger partial charge in [0.15, 0.2) is 0 Å². The van der Waals surface area contributed by atoms with E-state index in [1.807, 2.05) is 45.0 Å². The molecule has 132 valence electrons. The van der Waals surface area contributed by atoms with Crippen LogP contribution in [0.1, 0.15) is 38.7 Å². The molecule has 1 amide bonds. The number of carbonyl (C=O) groups excluding carboxylic acids is 2. The maximum Gasteiger partial charge on any atom is 0.410 e. The largest absolute Gasteiger partial charge is 0.469 e. The van der Waals surface area contributed by atoms with Gasteiger partial charge in [0, 0.05) is 22.6 Å². The SMILES string of the molecule is COC(=O)C1CCN(C(=O)OC(C)(C)C)CC1c1ccc(I)cc1. The van der Waals surface area contributed by atoms with Crippen LogP contribution < -0.4 is 0 Å². The summed E-state index contributed by atoms with van der Waals surface area (Å²) in [5.41, 5.74) is 0.508. The van der Waals surface area contributed by atoms with Gasteiger partial charge in [-0.15, -0.1) is 0 Å². The number of rotatable bonds is 2. The van der Waals surface area contributed by atoms with Gasteiger partial charge in [0.2, 0.25) is 0 Å². The van der Waals surface area contributed by atoms with E-state index in [0.717, 1.165) is 9.13 Å². The molecule has 1 aromatic rings. The first-order valence-corrected chi connectivity index (χ1v) is 9.10. The van der Waals surface area contributed by atoms with Crippen molar-refractivity contribution in [1.29, 1.82) is 0 Å². The van der Waals surface area contributed by atoms with Gasteiger partial charge in [0.1, 0.15) is 5.60 Å². The van der Waals surface area contributed by atoms with Crippen LogP contribution in [0.15, 0.2) is 24.3 Å². The molecule has 2 rings (SSSR count). The molecular formula is C18H24INO4. The minimum atomic E-state index is -0.533. The Balaban J connectivity index is 2.21. The van der Waals surface area contributed by atoms with E-state index in [2.05, 4.69) is 22.6 Å². The third-order valence-corrected chi connectivity index (χ3v) is 4.79. The second-order valence-corrected chi connectivity index (χ2v) is 8.25. The zero-order valence-corrected chi connectivity index (χ0v) is 16.7. The number of likely N-dealkylation sites (tertiary alicyclic amines) is 1. The normalized spacial score (nSPS) is 21.3. The number of esters is 1. The molecule has 0 aromatic heterocycles. The quantitative estimate of drug-likeness (QED) is 0.514. The molecule has 1 saturated heterocycles. The summed E-state index contributed by atoms with van der Waals surface area (Å²) in [5, 5.41) is 0. The molecule has 1 aliphatic heterocycles. The summed E-state index contributed by atoms with van der Waals surface area (Å²) < 4.78 is 11.6. The topological polar surface area (TPSA) is 55.8 Å². The molecule has 1 fully saturated rings. The van der Waals surface area contributed by atoms with Crippen LogP contribution in [0.3, 0.4) is 0 Å². The molecule has 0 bridgehead atoms. The number of nitrogens with zero attached hydrogens (tertiary/aromatic N) is 1. The monoisotopic (exact) mass is 445 g/mol. The van der Waals surface area contributed by atoms with Crippen LogP contribution in [0, 0.1) is 9.49 Å². The highest BCUT2D eigenvalue weighted by atomic mass is 127. The van der Waals surface area contributed by atoms with Gasteiger partial charge in [-0.3, -0.25) is 4.79 Å². The molecule has 1 aliphatic rings. The van der Waals surface area contributed by atoms with Crippen molar-refractivity contribution in [1.82, 2.24) is 4.90 Å². The van der Waals surface area contributed by atoms with Crippen LogP contribution in [-0.4, -0.2) is 42.8 Å². The van der Waals surface area contributed by atoms with Gasteiger partial charge in [-0.25, -0.2) is 4.79 Å². The molecule has 2 unspecified atom stereocenters. The minimum absolute atomic E-state index is 0.0873. The molecule has 2 atom stereocenters. The smallest absolute Gasteiger partial charge is 0.410 e. The van der Waals surface area contributed by atoms with Crippen LogP contribution in [0.4, 0.5) is 4.79 Å². The number of hydrogen-bond acceptors (Lipinski definition) is 4. The first-order chi connectivity index (χ1) is 11.2. The van der Waals surface area contributed by atoms with E-state index >= 15 is 0 Å². The van der Waals surface area contributed by atoms with E-state index in [-0.39, 0.29) is 23.9 Å². The van der Waals surface area contributed by atoms with Crippen LogP contribution >= 0.6 is 22.6 Å². The van der Waals surface area contributed by atoms with Gasteiger partial charge in [0.05, 0.1) is 13.0 Å². The predicted octanol–water partition coefficient (Wildman–Crippen LogP) is 3.80. The van der Waals surface area contributed by atoms with Crippen molar-refractivity contribution in [2.45, 2.75) is 38.7 Å². The Morgan fingerprint density at radius 2 is 1.83 bits per heavy atom. The maximum absolute atomic E-state index is 12.4. The van der Waals surface area contributed by atoms with Gasteiger partial charge in [-0.2, -0.15) is 0 Å². The van der Waals surface area contributed by atoms with Gasteiger partial charge in [-0.05, 0) is 67.5 Å². The molecule has 24 heavy (non-hydrogen) atoms. The Labute approximate surface area is 156 Å². The molecule has 5 nitrogen and oxygen atoms in total. The van der Waals surface area contributed by atoms with Crippen LogP contribution in [0.25, 0.3) is 0 Å². The molecule has 0 N–H and O–H groups in total. The fourth-order valence-electron chi connectivity index (χ4n) is 2.93. The predicted molar refractivity (Wildman–Crippen MR) is 99.8 cm³/mol. The number of methoxy groups -OCH3 is 1. The number of amides is 1. The van der Waals surface area contributed by atoms with Crippen molar-refractivity contribution >= 4 is 34.7 Å². The highest BCUT2D eigenvalue weighted by Gasteiger charge is 2.38. The Bertz CT molecular complexity index is 594. The van der Waals surface area contributed by atoms with Gasteiger partial charge < -0.3 is 14.4 Å². The van der Waals surface area contributed by atoms with Gasteiger partial charge >= 0.3 is 12.1 Å². The summed E-state index contributed by atoms with van der Waals surface area (Å²) in [4.78, 5) is 26.2. The molecular weight excluding hydrogens is 421 g/mol. The van der Waals surface area contributed by atoms with E-state index in [1.165, 1.54) is 7.11 Å². The number of hydrogen-bond donors (Lipinski definition) is 0. The Morgan fingerprint density at radius 3 is 2.38 bits per heavy atom. The first-order valence-electron chi connectivity index (χ1n) is 8.02. The van der Waals surface area contributed by atoms with Crippen molar-refractivity contribution < 1.29 is 19.1 Å². The summed E-state index contributed by atoms with van der Waals surface area (Å²) in [7, 11) is 1.41. The molecule has 6 heteroatoms. The number of piperidine rings is 1. The average molecular weight is 445 g/mol. The summed E-state index contributed by atoms with van der Waals surface area (Å²) in [6.07, 6.45) is 0.240. The lowest BCUT2D eigenvalue weighted by Crippen LogP contribution is -2.46. The Morgan fingerprint density at radius 1 is 1.21 bits per heavy atom. The lowest BCUT2D eigenvalue weighted by atomic mass is 9.81. The second kappa shape index (κ2) is 7.72. The molecule has 1 heterocycles. The van der Waals surface area contributed by atoms with Crippen LogP contribution in [0.2, 0.25) is 0 Å². The molecule has 0 aliphatic carbocycles. The van der Waals surface area contributed by atoms with E-state index in [9.17, 15) is 9.59 Å². The van der Waals surface area contributed by atoms with Crippen molar-refractivity contribution in [3.63, 3.8) is 0 Å². The second-order valence-electron chi connectivity index (χ2n) is 7.00. The Hall–Kier alpha value is -1.31. The zero-order valence-electron chi connectivity index (χ0n) is 14.5. The third kappa shape index (κ3) is 4.84. The lowest BCUT2D eigenvalue weighted by molar-refractivity contribution is -0.147. The summed E-state index contributed by atoms with van der Waals surface area (Å²) in [5.74, 6) is -0.549. The van der Waals surface area contributed by atoms with Crippen molar-refractivity contribution in [2.24, 2.45) is 5.92 Å². The standard InChI is InChI=1S/C18H24INO4/c1-18(2,3)24-17(22)20-10-9-14(16(21)23-4)15(11-20)12-5-7-13(19)8-6-12/h5-8,14-15H,9-11H2,1-4H3. The van der Waals surface area contributed by atoms with Crippen LogP contribution in [-0.2, 0) is 14.3 Å². The molecule has 0 spiro atoms. The van der Waals surface area contributed by atoms with Crippen molar-refractivity contribution in [3.05, 3.63) is 33.4 Å². The first kappa shape index (κ1) is 19.0.